The third kappa shape index (κ3) is 2.24. The standard InChI is InChI=1S/C11H6ClFN2O2/c12-11-8(2-1-5-14-11)7-3-4-10(15(16)17)9(13)6-7/h1-6H. The molecule has 0 bridgehead atoms. The molecule has 0 aliphatic rings. The summed E-state index contributed by atoms with van der Waals surface area (Å²) in [5, 5.41) is 10.7. The first kappa shape index (κ1) is 11.5. The van der Waals surface area contributed by atoms with Crippen molar-refractivity contribution in [3.8, 4) is 11.1 Å². The first-order valence-corrected chi connectivity index (χ1v) is 5.02. The first-order valence-electron chi connectivity index (χ1n) is 4.64. The fourth-order valence-electron chi connectivity index (χ4n) is 1.42. The molecule has 0 aliphatic heterocycles. The summed E-state index contributed by atoms with van der Waals surface area (Å²) in [7, 11) is 0. The van der Waals surface area contributed by atoms with Crippen molar-refractivity contribution in [1.29, 1.82) is 0 Å². The first-order chi connectivity index (χ1) is 8.09. The molecule has 2 rings (SSSR count). The Morgan fingerprint density at radius 2 is 2.12 bits per heavy atom. The highest BCUT2D eigenvalue weighted by atomic mass is 35.5. The van der Waals surface area contributed by atoms with Crippen molar-refractivity contribution in [3.05, 3.63) is 57.6 Å². The molecule has 0 fully saturated rings. The van der Waals surface area contributed by atoms with Crippen LogP contribution < -0.4 is 0 Å². The molecule has 0 saturated heterocycles. The molecular weight excluding hydrogens is 247 g/mol. The number of rotatable bonds is 2. The number of aromatic nitrogens is 1. The zero-order valence-corrected chi connectivity index (χ0v) is 9.19. The van der Waals surface area contributed by atoms with E-state index in [-0.39, 0.29) is 5.15 Å². The molecule has 0 spiro atoms. The van der Waals surface area contributed by atoms with E-state index >= 15 is 0 Å². The van der Waals surface area contributed by atoms with E-state index < -0.39 is 16.4 Å². The van der Waals surface area contributed by atoms with Crippen molar-refractivity contribution < 1.29 is 9.31 Å². The third-order valence-corrected chi connectivity index (χ3v) is 2.52. The monoisotopic (exact) mass is 252 g/mol. The third-order valence-electron chi connectivity index (χ3n) is 2.21. The van der Waals surface area contributed by atoms with Gasteiger partial charge in [0.1, 0.15) is 5.15 Å². The summed E-state index contributed by atoms with van der Waals surface area (Å²) in [6, 6.07) is 6.93. The van der Waals surface area contributed by atoms with Crippen LogP contribution >= 0.6 is 11.6 Å². The van der Waals surface area contributed by atoms with Crippen LogP contribution in [-0.2, 0) is 0 Å². The van der Waals surface area contributed by atoms with Gasteiger partial charge in [-0.15, -0.1) is 0 Å². The Balaban J connectivity index is 2.52. The normalized spacial score (nSPS) is 10.2. The fraction of sp³-hybridized carbons (Fsp3) is 0. The molecule has 0 unspecified atom stereocenters. The van der Waals surface area contributed by atoms with Crippen LogP contribution in [0, 0.1) is 15.9 Å². The van der Waals surface area contributed by atoms with Gasteiger partial charge in [-0.1, -0.05) is 11.6 Å². The lowest BCUT2D eigenvalue weighted by atomic mass is 10.1. The maximum atomic E-state index is 13.4. The number of halogens is 2. The van der Waals surface area contributed by atoms with Crippen molar-refractivity contribution in [2.24, 2.45) is 0 Å². The molecule has 1 aromatic heterocycles. The molecule has 1 aromatic carbocycles. The second-order valence-electron chi connectivity index (χ2n) is 3.27. The lowest BCUT2D eigenvalue weighted by Gasteiger charge is -2.03. The molecule has 0 N–H and O–H groups in total. The molecule has 1 heterocycles. The maximum Gasteiger partial charge on any atom is 0.304 e. The highest BCUT2D eigenvalue weighted by Crippen LogP contribution is 2.29. The summed E-state index contributed by atoms with van der Waals surface area (Å²) in [4.78, 5) is 13.5. The van der Waals surface area contributed by atoms with E-state index in [4.69, 9.17) is 11.6 Å². The molecule has 0 saturated carbocycles. The van der Waals surface area contributed by atoms with E-state index in [2.05, 4.69) is 4.98 Å². The number of hydrogen-bond donors (Lipinski definition) is 0. The molecular formula is C11H6ClFN2O2. The molecule has 0 atom stereocenters. The van der Waals surface area contributed by atoms with Gasteiger partial charge in [0.15, 0.2) is 0 Å². The minimum atomic E-state index is -0.896. The quantitative estimate of drug-likeness (QED) is 0.467. The average molecular weight is 253 g/mol. The van der Waals surface area contributed by atoms with E-state index in [0.717, 1.165) is 12.1 Å². The summed E-state index contributed by atoms with van der Waals surface area (Å²) in [6.45, 7) is 0. The maximum absolute atomic E-state index is 13.4. The van der Waals surface area contributed by atoms with Crippen LogP contribution in [0.3, 0.4) is 0 Å². The molecule has 2 aromatic rings. The van der Waals surface area contributed by atoms with Gasteiger partial charge in [0.05, 0.1) is 4.92 Å². The largest absolute Gasteiger partial charge is 0.304 e. The van der Waals surface area contributed by atoms with Gasteiger partial charge in [-0.2, -0.15) is 4.39 Å². The molecule has 0 radical (unpaired) electrons. The lowest BCUT2D eigenvalue weighted by Crippen LogP contribution is -1.93. The molecule has 17 heavy (non-hydrogen) atoms. The van der Waals surface area contributed by atoms with Gasteiger partial charge in [-0.25, -0.2) is 4.98 Å². The Bertz CT molecular complexity index is 589. The Morgan fingerprint density at radius 3 is 2.71 bits per heavy atom. The van der Waals surface area contributed by atoms with Crippen molar-refractivity contribution >= 4 is 17.3 Å². The van der Waals surface area contributed by atoms with E-state index in [1.165, 1.54) is 12.3 Å². The topological polar surface area (TPSA) is 56.0 Å². The Labute approximate surface area is 101 Å². The number of hydrogen-bond acceptors (Lipinski definition) is 3. The molecule has 0 amide bonds. The Hall–Kier alpha value is -2.01. The minimum absolute atomic E-state index is 0.223. The SMILES string of the molecule is O=[N+]([O-])c1ccc(-c2cccnc2Cl)cc1F. The smallest absolute Gasteiger partial charge is 0.258 e. The summed E-state index contributed by atoms with van der Waals surface area (Å²) < 4.78 is 13.4. The molecule has 6 heteroatoms. The lowest BCUT2D eigenvalue weighted by molar-refractivity contribution is -0.387. The van der Waals surface area contributed by atoms with E-state index in [1.807, 2.05) is 0 Å². The minimum Gasteiger partial charge on any atom is -0.258 e. The van der Waals surface area contributed by atoms with Crippen LogP contribution in [0.25, 0.3) is 11.1 Å². The zero-order chi connectivity index (χ0) is 12.4. The van der Waals surface area contributed by atoms with Crippen LogP contribution in [0.5, 0.6) is 0 Å². The highest BCUT2D eigenvalue weighted by molar-refractivity contribution is 6.32. The Kier molecular flexibility index (Phi) is 3.01. The van der Waals surface area contributed by atoms with Crippen LogP contribution in [0.1, 0.15) is 0 Å². The molecule has 86 valence electrons. The predicted molar refractivity (Wildman–Crippen MR) is 61.3 cm³/mol. The number of benzene rings is 1. The van der Waals surface area contributed by atoms with Crippen LogP contribution in [0.2, 0.25) is 5.15 Å². The van der Waals surface area contributed by atoms with Crippen molar-refractivity contribution in [2.45, 2.75) is 0 Å². The fourth-order valence-corrected chi connectivity index (χ4v) is 1.65. The van der Waals surface area contributed by atoms with Crippen LogP contribution in [0.15, 0.2) is 36.5 Å². The summed E-state index contributed by atoms with van der Waals surface area (Å²) >= 11 is 5.85. The van der Waals surface area contributed by atoms with Crippen LogP contribution in [0.4, 0.5) is 10.1 Å². The van der Waals surface area contributed by atoms with Crippen molar-refractivity contribution in [3.63, 3.8) is 0 Å². The Morgan fingerprint density at radius 1 is 1.35 bits per heavy atom. The van der Waals surface area contributed by atoms with Gasteiger partial charge in [0.2, 0.25) is 5.82 Å². The predicted octanol–water partition coefficient (Wildman–Crippen LogP) is 3.45. The van der Waals surface area contributed by atoms with Crippen molar-refractivity contribution in [1.82, 2.24) is 4.98 Å². The summed E-state index contributed by atoms with van der Waals surface area (Å²) in [5.74, 6) is -0.896. The van der Waals surface area contributed by atoms with Gasteiger partial charge < -0.3 is 0 Å². The van der Waals surface area contributed by atoms with E-state index in [0.29, 0.717) is 11.1 Å². The van der Waals surface area contributed by atoms with E-state index in [1.54, 1.807) is 12.1 Å². The number of nitro benzene ring substituents is 1. The van der Waals surface area contributed by atoms with Gasteiger partial charge >= 0.3 is 5.69 Å². The molecule has 4 nitrogen and oxygen atoms in total. The van der Waals surface area contributed by atoms with Crippen LogP contribution in [-0.4, -0.2) is 9.91 Å². The van der Waals surface area contributed by atoms with Gasteiger partial charge in [0, 0.05) is 17.8 Å². The number of nitro groups is 1. The zero-order valence-electron chi connectivity index (χ0n) is 8.43. The van der Waals surface area contributed by atoms with Gasteiger partial charge in [0.25, 0.3) is 0 Å². The van der Waals surface area contributed by atoms with Gasteiger partial charge in [-0.05, 0) is 29.8 Å². The average Bonchev–Trinajstić information content (AvgIpc) is 2.29. The molecule has 0 aliphatic carbocycles. The van der Waals surface area contributed by atoms with Crippen molar-refractivity contribution in [2.75, 3.05) is 0 Å². The number of nitrogens with zero attached hydrogens (tertiary/aromatic N) is 2. The second-order valence-corrected chi connectivity index (χ2v) is 3.62. The van der Waals surface area contributed by atoms with E-state index in [9.17, 15) is 14.5 Å². The number of pyridine rings is 1. The highest BCUT2D eigenvalue weighted by Gasteiger charge is 2.15. The van der Waals surface area contributed by atoms with Gasteiger partial charge in [-0.3, -0.25) is 10.1 Å². The summed E-state index contributed by atoms with van der Waals surface area (Å²) in [6.07, 6.45) is 1.51. The summed E-state index contributed by atoms with van der Waals surface area (Å²) in [5.41, 5.74) is 0.419. The second kappa shape index (κ2) is 4.47.